The first-order chi connectivity index (χ1) is 23.2. The lowest BCUT2D eigenvalue weighted by Crippen LogP contribution is -1.94. The van der Waals surface area contributed by atoms with Crippen LogP contribution in [0.15, 0.2) is 97.3 Å². The van der Waals surface area contributed by atoms with E-state index < -0.39 is 9.85 Å². The van der Waals surface area contributed by atoms with Crippen molar-refractivity contribution in [3.05, 3.63) is 118 Å². The lowest BCUT2D eigenvalue weighted by atomic mass is 10.0. The van der Waals surface area contributed by atoms with Crippen molar-refractivity contribution in [2.45, 2.75) is 0 Å². The zero-order chi connectivity index (χ0) is 32.8. The van der Waals surface area contributed by atoms with Crippen LogP contribution < -0.4 is 0 Å². The summed E-state index contributed by atoms with van der Waals surface area (Å²) in [4.78, 5) is 33.0. The van der Waals surface area contributed by atoms with E-state index in [0.717, 1.165) is 74.3 Å². The zero-order valence-corrected chi connectivity index (χ0v) is 26.0. The third-order valence-electron chi connectivity index (χ3n) is 8.59. The first-order valence-electron chi connectivity index (χ1n) is 14.6. The predicted molar refractivity (Wildman–Crippen MR) is 190 cm³/mol. The van der Waals surface area contributed by atoms with Crippen molar-refractivity contribution in [1.82, 2.24) is 9.97 Å². The van der Waals surface area contributed by atoms with Gasteiger partial charge in [0.25, 0.3) is 11.4 Å². The fourth-order valence-electron chi connectivity index (χ4n) is 6.36. The Labute approximate surface area is 276 Å². The minimum absolute atomic E-state index is 0.0125. The molecule has 12 heteroatoms. The van der Waals surface area contributed by atoms with Gasteiger partial charge in [0, 0.05) is 26.9 Å². The van der Waals surface area contributed by atoms with Gasteiger partial charge in [0.1, 0.15) is 17.8 Å². The molecule has 0 saturated carbocycles. The molecule has 48 heavy (non-hydrogen) atoms. The SMILES string of the molecule is O=[N+]([O-])c1cc([N+](=O)[O-])c2cc3cc4cc(-c5cc(-c6cc7cc8cc9c(O)cc(O)cc9cc8cc7s6)ncn5)sc4cc3cc2c1. The highest BCUT2D eigenvalue weighted by Gasteiger charge is 2.20. The van der Waals surface area contributed by atoms with Gasteiger partial charge in [0.2, 0.25) is 0 Å². The van der Waals surface area contributed by atoms with Crippen LogP contribution in [0.3, 0.4) is 0 Å². The minimum atomic E-state index is -0.622. The molecule has 3 aromatic heterocycles. The maximum atomic E-state index is 11.8. The topological polar surface area (TPSA) is 153 Å². The van der Waals surface area contributed by atoms with E-state index in [1.165, 1.54) is 12.1 Å². The van der Waals surface area contributed by atoms with Gasteiger partial charge in [-0.25, -0.2) is 9.97 Å². The second kappa shape index (κ2) is 10.1. The number of phenolic OH excluding ortho intramolecular Hbond substituents is 2. The molecule has 9 rings (SSSR count). The van der Waals surface area contributed by atoms with Crippen molar-refractivity contribution in [3.8, 4) is 32.6 Å². The second-order valence-electron chi connectivity index (χ2n) is 11.6. The van der Waals surface area contributed by atoms with Gasteiger partial charge in [-0.1, -0.05) is 0 Å². The van der Waals surface area contributed by atoms with Crippen molar-refractivity contribution in [1.29, 1.82) is 0 Å². The number of hydrogen-bond acceptors (Lipinski definition) is 10. The molecule has 2 N–H and O–H groups in total. The van der Waals surface area contributed by atoms with Gasteiger partial charge in [0.15, 0.2) is 0 Å². The molecule has 0 aliphatic carbocycles. The molecule has 9 aromatic rings. The first kappa shape index (κ1) is 28.0. The summed E-state index contributed by atoms with van der Waals surface area (Å²) < 4.78 is 2.06. The van der Waals surface area contributed by atoms with E-state index >= 15 is 0 Å². The van der Waals surface area contributed by atoms with E-state index in [1.54, 1.807) is 47.2 Å². The monoisotopic (exact) mass is 666 g/mol. The lowest BCUT2D eigenvalue weighted by molar-refractivity contribution is -0.393. The molecule has 0 radical (unpaired) electrons. The lowest BCUT2D eigenvalue weighted by Gasteiger charge is -2.05. The smallest absolute Gasteiger partial charge is 0.284 e. The number of nitro benzene ring substituents is 2. The van der Waals surface area contributed by atoms with Crippen LogP contribution in [0.5, 0.6) is 11.5 Å². The Morgan fingerprint density at radius 1 is 0.521 bits per heavy atom. The van der Waals surface area contributed by atoms with Crippen molar-refractivity contribution in [2.24, 2.45) is 0 Å². The summed E-state index contributed by atoms with van der Waals surface area (Å²) in [5, 5.41) is 51.3. The number of rotatable bonds is 4. The highest BCUT2D eigenvalue weighted by molar-refractivity contribution is 7.22. The quantitative estimate of drug-likeness (QED) is 0.107. The third kappa shape index (κ3) is 4.46. The van der Waals surface area contributed by atoms with Gasteiger partial charge in [-0.3, -0.25) is 20.2 Å². The molecule has 0 aliphatic heterocycles. The number of nitrogens with zero attached hydrogens (tertiary/aromatic N) is 4. The van der Waals surface area contributed by atoms with E-state index in [9.17, 15) is 30.4 Å². The number of aromatic nitrogens is 2. The van der Waals surface area contributed by atoms with Crippen molar-refractivity contribution in [3.63, 3.8) is 0 Å². The molecule has 0 amide bonds. The summed E-state index contributed by atoms with van der Waals surface area (Å²) in [7, 11) is 0. The van der Waals surface area contributed by atoms with Crippen LogP contribution in [0.4, 0.5) is 11.4 Å². The number of hydrogen-bond donors (Lipinski definition) is 2. The number of nitro groups is 2. The summed E-state index contributed by atoms with van der Waals surface area (Å²) in [5.74, 6) is 0.0444. The average Bonchev–Trinajstić information content (AvgIpc) is 3.67. The Bertz CT molecular complexity index is 2900. The molecule has 0 fully saturated rings. The van der Waals surface area contributed by atoms with Crippen LogP contribution in [0, 0.1) is 20.2 Å². The van der Waals surface area contributed by atoms with Crippen LogP contribution in [0.25, 0.3) is 84.4 Å². The highest BCUT2D eigenvalue weighted by atomic mass is 32.1. The van der Waals surface area contributed by atoms with Crippen LogP contribution >= 0.6 is 22.7 Å². The van der Waals surface area contributed by atoms with E-state index in [4.69, 9.17) is 0 Å². The summed E-state index contributed by atoms with van der Waals surface area (Å²) in [5.41, 5.74) is 0.907. The Kier molecular flexibility index (Phi) is 5.91. The molecular weight excluding hydrogens is 649 g/mol. The summed E-state index contributed by atoms with van der Waals surface area (Å²) >= 11 is 3.18. The molecule has 230 valence electrons. The Morgan fingerprint density at radius 3 is 1.65 bits per heavy atom. The molecule has 3 heterocycles. The maximum Gasteiger partial charge on any atom is 0.284 e. The molecule has 0 aliphatic rings. The summed E-state index contributed by atoms with van der Waals surface area (Å²) in [6, 6.07) is 27.0. The Morgan fingerprint density at radius 2 is 1.06 bits per heavy atom. The molecule has 0 saturated heterocycles. The highest BCUT2D eigenvalue weighted by Crippen LogP contribution is 2.41. The van der Waals surface area contributed by atoms with Crippen LogP contribution in [-0.2, 0) is 0 Å². The minimum Gasteiger partial charge on any atom is -0.508 e. The molecule has 0 bridgehead atoms. The largest absolute Gasteiger partial charge is 0.508 e. The van der Waals surface area contributed by atoms with E-state index in [0.29, 0.717) is 16.2 Å². The van der Waals surface area contributed by atoms with Gasteiger partial charge >= 0.3 is 0 Å². The molecule has 0 atom stereocenters. The molecule has 6 aromatic carbocycles. The van der Waals surface area contributed by atoms with Gasteiger partial charge in [0.05, 0.1) is 42.4 Å². The van der Waals surface area contributed by atoms with Crippen molar-refractivity contribution >= 4 is 97.3 Å². The van der Waals surface area contributed by atoms with Crippen molar-refractivity contribution in [2.75, 3.05) is 0 Å². The number of non-ortho nitro benzene ring substituents is 2. The average molecular weight is 667 g/mol. The first-order valence-corrected chi connectivity index (χ1v) is 16.2. The molecule has 0 unspecified atom stereocenters. The van der Waals surface area contributed by atoms with Crippen LogP contribution in [-0.4, -0.2) is 30.0 Å². The number of benzene rings is 6. The molecular formula is C36H18N4O6S2. The van der Waals surface area contributed by atoms with Gasteiger partial charge in [-0.15, -0.1) is 22.7 Å². The summed E-state index contributed by atoms with van der Waals surface area (Å²) in [6.07, 6.45) is 1.55. The predicted octanol–water partition coefficient (Wildman–Crippen LogP) is 10.1. The Hall–Kier alpha value is -6.24. The van der Waals surface area contributed by atoms with Crippen molar-refractivity contribution < 1.29 is 20.1 Å². The Balaban J connectivity index is 1.12. The molecule has 10 nitrogen and oxygen atoms in total. The molecule has 0 spiro atoms. The normalized spacial score (nSPS) is 11.8. The number of aromatic hydroxyl groups is 2. The fraction of sp³-hybridized carbons (Fsp3) is 0. The number of fused-ring (bicyclic) bond motifs is 6. The number of thiophene rings is 2. The standard InChI is InChI=1S/C36H18N4O6S2/c41-26-6-22-2-20-10-34-24(4-18(20)8-28(22)32(42)14-26)12-36(48-34)30-15-29(37-16-38-30)35-11-23-3-17-7-27-21(1-19(17)9-33(23)47-35)5-25(39(43)44)13-31(27)40(45)46/h1-16,41-42H. The number of phenols is 2. The van der Waals surface area contributed by atoms with Gasteiger partial charge < -0.3 is 10.2 Å². The maximum absolute atomic E-state index is 11.8. The summed E-state index contributed by atoms with van der Waals surface area (Å²) in [6.45, 7) is 0. The second-order valence-corrected chi connectivity index (χ2v) is 13.7. The van der Waals surface area contributed by atoms with Gasteiger partial charge in [-0.2, -0.15) is 0 Å². The van der Waals surface area contributed by atoms with E-state index in [2.05, 4.69) is 28.2 Å². The van der Waals surface area contributed by atoms with Gasteiger partial charge in [-0.05, 0) is 116 Å². The van der Waals surface area contributed by atoms with E-state index in [-0.39, 0.29) is 22.9 Å². The van der Waals surface area contributed by atoms with Crippen LogP contribution in [0.1, 0.15) is 0 Å². The third-order valence-corrected chi connectivity index (χ3v) is 10.8. The van der Waals surface area contributed by atoms with E-state index in [1.807, 2.05) is 36.4 Å². The fourth-order valence-corrected chi connectivity index (χ4v) is 8.49. The van der Waals surface area contributed by atoms with Crippen LogP contribution in [0.2, 0.25) is 0 Å². The zero-order valence-electron chi connectivity index (χ0n) is 24.4.